The van der Waals surface area contributed by atoms with Gasteiger partial charge in [0.05, 0.1) is 37.6 Å². The van der Waals surface area contributed by atoms with Crippen LogP contribution in [0.2, 0.25) is 30.3 Å². The molecule has 0 saturated carbocycles. The zero-order chi connectivity index (χ0) is 15.7. The summed E-state index contributed by atoms with van der Waals surface area (Å²) in [6, 6.07) is 3.68. The first-order valence-electron chi connectivity index (χ1n) is 5.42. The molecule has 0 spiro atoms. The van der Waals surface area contributed by atoms with Crippen LogP contribution in [-0.4, -0.2) is 4.98 Å². The lowest BCUT2D eigenvalue weighted by atomic mass is 10.00. The van der Waals surface area contributed by atoms with Crippen LogP contribution in [0.4, 0.5) is 0 Å². The summed E-state index contributed by atoms with van der Waals surface area (Å²) in [6.45, 7) is 0. The molecule has 2 rings (SSSR count). The lowest BCUT2D eigenvalue weighted by Gasteiger charge is -2.15. The van der Waals surface area contributed by atoms with E-state index in [0.717, 1.165) is 0 Å². The standard InChI is InChI=1S/C13H4Cl6N2/c14-8-7(9(15)11(17)12(18)10(8)16)6-5(1-3-20)2-4-21-13(6)19/h2,4H,1H2. The summed E-state index contributed by atoms with van der Waals surface area (Å²) in [5.41, 5.74) is 1.33. The summed E-state index contributed by atoms with van der Waals surface area (Å²) in [5, 5.41) is 9.44. The summed E-state index contributed by atoms with van der Waals surface area (Å²) in [4.78, 5) is 3.98. The summed E-state index contributed by atoms with van der Waals surface area (Å²) >= 11 is 36.6. The van der Waals surface area contributed by atoms with Gasteiger partial charge < -0.3 is 0 Å². The molecule has 1 heterocycles. The number of hydrogen-bond acceptors (Lipinski definition) is 2. The molecule has 0 bridgehead atoms. The topological polar surface area (TPSA) is 36.7 Å². The molecule has 0 saturated heterocycles. The molecular formula is C13H4Cl6N2. The average molecular weight is 401 g/mol. The Hall–Kier alpha value is -0.400. The van der Waals surface area contributed by atoms with Crippen molar-refractivity contribution in [3.05, 3.63) is 48.1 Å². The van der Waals surface area contributed by atoms with E-state index in [1.165, 1.54) is 6.20 Å². The highest BCUT2D eigenvalue weighted by atomic mass is 35.5. The first kappa shape index (κ1) is 17.0. The summed E-state index contributed by atoms with van der Waals surface area (Å²) in [7, 11) is 0. The number of benzene rings is 1. The van der Waals surface area contributed by atoms with Crippen molar-refractivity contribution in [3.63, 3.8) is 0 Å². The first-order valence-corrected chi connectivity index (χ1v) is 7.69. The fourth-order valence-electron chi connectivity index (χ4n) is 1.79. The quantitative estimate of drug-likeness (QED) is 0.318. The zero-order valence-electron chi connectivity index (χ0n) is 10.0. The van der Waals surface area contributed by atoms with Crippen molar-refractivity contribution in [2.75, 3.05) is 0 Å². The van der Waals surface area contributed by atoms with E-state index in [9.17, 15) is 0 Å². The van der Waals surface area contributed by atoms with Crippen molar-refractivity contribution >= 4 is 69.6 Å². The molecule has 21 heavy (non-hydrogen) atoms. The zero-order valence-corrected chi connectivity index (χ0v) is 14.6. The van der Waals surface area contributed by atoms with Crippen molar-refractivity contribution in [3.8, 4) is 17.2 Å². The summed E-state index contributed by atoms with van der Waals surface area (Å²) < 4.78 is 0. The number of halogens is 6. The maximum atomic E-state index is 8.92. The predicted molar refractivity (Wildman–Crippen MR) is 89.0 cm³/mol. The van der Waals surface area contributed by atoms with Crippen molar-refractivity contribution in [1.82, 2.24) is 4.98 Å². The van der Waals surface area contributed by atoms with Gasteiger partial charge in [-0.2, -0.15) is 5.26 Å². The minimum Gasteiger partial charge on any atom is -0.244 e. The summed E-state index contributed by atoms with van der Waals surface area (Å²) in [6.07, 6.45) is 1.58. The lowest BCUT2D eigenvalue weighted by Crippen LogP contribution is -1.95. The van der Waals surface area contributed by atoms with Gasteiger partial charge in [0.25, 0.3) is 0 Å². The molecule has 0 aliphatic heterocycles. The molecule has 0 fully saturated rings. The SMILES string of the molecule is N#CCc1ccnc(Cl)c1-c1c(Cl)c(Cl)c(Cl)c(Cl)c1Cl. The molecule has 8 heteroatoms. The Morgan fingerprint density at radius 3 is 1.90 bits per heavy atom. The van der Waals surface area contributed by atoms with Crippen LogP contribution in [0.25, 0.3) is 11.1 Å². The van der Waals surface area contributed by atoms with Gasteiger partial charge in [-0.3, -0.25) is 0 Å². The van der Waals surface area contributed by atoms with E-state index in [-0.39, 0.29) is 36.7 Å². The highest BCUT2D eigenvalue weighted by molar-refractivity contribution is 6.56. The molecule has 1 aromatic carbocycles. The van der Waals surface area contributed by atoms with E-state index >= 15 is 0 Å². The van der Waals surface area contributed by atoms with Crippen LogP contribution in [0.1, 0.15) is 5.56 Å². The number of nitrogens with zero attached hydrogens (tertiary/aromatic N) is 2. The van der Waals surface area contributed by atoms with E-state index in [1.54, 1.807) is 6.07 Å². The average Bonchev–Trinajstić information content (AvgIpc) is 2.46. The third-order valence-corrected chi connectivity index (χ3v) is 5.28. The fourth-order valence-corrected chi connectivity index (χ4v) is 3.39. The second-order valence-electron chi connectivity index (χ2n) is 3.92. The highest BCUT2D eigenvalue weighted by Crippen LogP contribution is 2.50. The minimum atomic E-state index is 0.0546. The second-order valence-corrected chi connectivity index (χ2v) is 6.16. The molecule has 0 unspecified atom stereocenters. The molecule has 1 aromatic heterocycles. The number of pyridine rings is 1. The van der Waals surface area contributed by atoms with Gasteiger partial charge in [-0.15, -0.1) is 0 Å². The number of nitriles is 1. The maximum absolute atomic E-state index is 8.92. The Balaban J connectivity index is 2.90. The van der Waals surface area contributed by atoms with Crippen molar-refractivity contribution in [2.45, 2.75) is 6.42 Å². The van der Waals surface area contributed by atoms with E-state index in [1.807, 2.05) is 6.07 Å². The van der Waals surface area contributed by atoms with Gasteiger partial charge in [0.2, 0.25) is 0 Å². The highest BCUT2D eigenvalue weighted by Gasteiger charge is 2.24. The Kier molecular flexibility index (Phi) is 5.48. The Labute approximate surface area is 151 Å². The number of hydrogen-bond donors (Lipinski definition) is 0. The maximum Gasteiger partial charge on any atom is 0.137 e. The van der Waals surface area contributed by atoms with Gasteiger partial charge in [-0.25, -0.2) is 4.98 Å². The Morgan fingerprint density at radius 1 is 0.857 bits per heavy atom. The predicted octanol–water partition coefficient (Wildman–Crippen LogP) is 6.74. The lowest BCUT2D eigenvalue weighted by molar-refractivity contribution is 1.21. The van der Waals surface area contributed by atoms with Crippen molar-refractivity contribution in [2.24, 2.45) is 0 Å². The molecule has 2 aromatic rings. The van der Waals surface area contributed by atoms with Gasteiger partial charge in [-0.1, -0.05) is 69.6 Å². The molecule has 108 valence electrons. The van der Waals surface area contributed by atoms with Crippen LogP contribution in [0.5, 0.6) is 0 Å². The van der Waals surface area contributed by atoms with Gasteiger partial charge in [0.1, 0.15) is 5.15 Å². The van der Waals surface area contributed by atoms with Crippen LogP contribution in [0.15, 0.2) is 12.3 Å². The number of aromatic nitrogens is 1. The van der Waals surface area contributed by atoms with Crippen molar-refractivity contribution in [1.29, 1.82) is 5.26 Å². The normalized spacial score (nSPS) is 10.5. The van der Waals surface area contributed by atoms with Gasteiger partial charge in [0, 0.05) is 17.3 Å². The largest absolute Gasteiger partial charge is 0.244 e. The van der Waals surface area contributed by atoms with Crippen LogP contribution >= 0.6 is 69.6 Å². The second kappa shape index (κ2) is 6.79. The smallest absolute Gasteiger partial charge is 0.137 e. The van der Waals surface area contributed by atoms with E-state index < -0.39 is 0 Å². The van der Waals surface area contributed by atoms with E-state index in [2.05, 4.69) is 4.98 Å². The van der Waals surface area contributed by atoms with Crippen LogP contribution in [0, 0.1) is 11.3 Å². The molecule has 0 N–H and O–H groups in total. The van der Waals surface area contributed by atoms with Gasteiger partial charge >= 0.3 is 0 Å². The molecule has 0 radical (unpaired) electrons. The molecule has 2 nitrogen and oxygen atoms in total. The number of rotatable bonds is 2. The molecule has 0 atom stereocenters. The molecule has 0 amide bonds. The molecule has 0 aliphatic carbocycles. The Bertz CT molecular complexity index is 737. The van der Waals surface area contributed by atoms with Gasteiger partial charge in [0.15, 0.2) is 0 Å². The first-order chi connectivity index (χ1) is 9.90. The van der Waals surface area contributed by atoms with E-state index in [0.29, 0.717) is 16.7 Å². The summed E-state index contributed by atoms with van der Waals surface area (Å²) in [5.74, 6) is 0. The van der Waals surface area contributed by atoms with E-state index in [4.69, 9.17) is 74.9 Å². The van der Waals surface area contributed by atoms with Gasteiger partial charge in [-0.05, 0) is 11.6 Å². The molecular weight excluding hydrogens is 397 g/mol. The molecule has 0 aliphatic rings. The van der Waals surface area contributed by atoms with Crippen molar-refractivity contribution < 1.29 is 0 Å². The fraction of sp³-hybridized carbons (Fsp3) is 0.0769. The third kappa shape index (κ3) is 3.05. The third-order valence-electron chi connectivity index (χ3n) is 2.72. The minimum absolute atomic E-state index is 0.0546. The van der Waals surface area contributed by atoms with Crippen LogP contribution < -0.4 is 0 Å². The van der Waals surface area contributed by atoms with Crippen LogP contribution in [0.3, 0.4) is 0 Å². The Morgan fingerprint density at radius 2 is 1.38 bits per heavy atom. The van der Waals surface area contributed by atoms with Crippen LogP contribution in [-0.2, 0) is 6.42 Å². The monoisotopic (exact) mass is 398 g/mol.